The van der Waals surface area contributed by atoms with Crippen LogP contribution in [-0.4, -0.2) is 23.2 Å². The molecule has 0 spiro atoms. The highest BCUT2D eigenvalue weighted by molar-refractivity contribution is 7.92. The molecule has 0 atom stereocenters. The summed E-state index contributed by atoms with van der Waals surface area (Å²) < 4.78 is 28.4. The molecule has 1 aromatic heterocycles. The summed E-state index contributed by atoms with van der Waals surface area (Å²) in [6.45, 7) is 1.79. The second-order valence-corrected chi connectivity index (χ2v) is 6.41. The fourth-order valence-corrected chi connectivity index (χ4v) is 2.92. The topological polar surface area (TPSA) is 90.0 Å². The summed E-state index contributed by atoms with van der Waals surface area (Å²) in [7, 11) is -1.99. The molecule has 0 saturated carbocycles. The Hall–Kier alpha value is -1.93. The molecule has 1 aromatic carbocycles. The third-order valence-corrected chi connectivity index (χ3v) is 4.30. The molecule has 0 aliphatic carbocycles. The lowest BCUT2D eigenvalue weighted by molar-refractivity contribution is 0.600. The first-order valence-electron chi connectivity index (χ1n) is 5.73. The highest BCUT2D eigenvalue weighted by atomic mass is 32.2. The maximum absolute atomic E-state index is 12.2. The number of anilines is 1. The molecule has 0 bridgehead atoms. The third-order valence-electron chi connectivity index (χ3n) is 2.69. The fraction of sp³-hybridized carbons (Fsp3) is 0.167. The zero-order chi connectivity index (χ0) is 14.9. The molecular formula is C12H14N4O2S2. The number of rotatable bonds is 4. The van der Waals surface area contributed by atoms with E-state index in [1.165, 1.54) is 16.8 Å². The van der Waals surface area contributed by atoms with Crippen molar-refractivity contribution in [3.63, 3.8) is 0 Å². The highest BCUT2D eigenvalue weighted by Crippen LogP contribution is 2.17. The van der Waals surface area contributed by atoms with E-state index in [0.717, 1.165) is 5.69 Å². The largest absolute Gasteiger partial charge is 0.389 e. The number of nitrogens with zero attached hydrogens (tertiary/aromatic N) is 2. The van der Waals surface area contributed by atoms with Crippen LogP contribution in [0.15, 0.2) is 35.2 Å². The molecule has 6 nitrogen and oxygen atoms in total. The van der Waals surface area contributed by atoms with Crippen LogP contribution in [0.2, 0.25) is 0 Å². The molecule has 3 N–H and O–H groups in total. The standard InChI is InChI=1S/C12H14N4O2S2/c1-8-7-11(16(2)14-8)15-20(17,18)10-5-3-9(4-6-10)12(13)19/h3-7,15H,1-2H3,(H2,13,19). The zero-order valence-corrected chi connectivity index (χ0v) is 12.6. The summed E-state index contributed by atoms with van der Waals surface area (Å²) in [5.74, 6) is 0.404. The first kappa shape index (κ1) is 14.5. The highest BCUT2D eigenvalue weighted by Gasteiger charge is 2.16. The molecule has 8 heteroatoms. The number of hydrogen-bond donors (Lipinski definition) is 2. The van der Waals surface area contributed by atoms with Crippen molar-refractivity contribution in [2.45, 2.75) is 11.8 Å². The van der Waals surface area contributed by atoms with E-state index in [2.05, 4.69) is 9.82 Å². The lowest BCUT2D eigenvalue weighted by Gasteiger charge is -2.08. The quantitative estimate of drug-likeness (QED) is 0.827. The van der Waals surface area contributed by atoms with Crippen molar-refractivity contribution >= 4 is 33.0 Å². The van der Waals surface area contributed by atoms with Gasteiger partial charge in [0, 0.05) is 18.7 Å². The van der Waals surface area contributed by atoms with Crippen LogP contribution in [0.5, 0.6) is 0 Å². The lowest BCUT2D eigenvalue weighted by atomic mass is 10.2. The van der Waals surface area contributed by atoms with Gasteiger partial charge >= 0.3 is 0 Å². The predicted octanol–water partition coefficient (Wildman–Crippen LogP) is 1.16. The van der Waals surface area contributed by atoms with E-state index in [1.807, 2.05) is 0 Å². The van der Waals surface area contributed by atoms with Gasteiger partial charge in [-0.1, -0.05) is 24.4 Å². The maximum atomic E-state index is 12.2. The number of sulfonamides is 1. The number of nitrogens with two attached hydrogens (primary N) is 1. The van der Waals surface area contributed by atoms with Gasteiger partial charge in [-0.15, -0.1) is 0 Å². The van der Waals surface area contributed by atoms with Gasteiger partial charge in [-0.2, -0.15) is 5.10 Å². The lowest BCUT2D eigenvalue weighted by Crippen LogP contribution is -2.16. The number of thiocarbonyl (C=S) groups is 1. The number of benzene rings is 1. The minimum absolute atomic E-state index is 0.136. The predicted molar refractivity (Wildman–Crippen MR) is 81.1 cm³/mol. The molecule has 2 aromatic rings. The molecule has 0 fully saturated rings. The molecule has 0 amide bonds. The monoisotopic (exact) mass is 310 g/mol. The molecule has 0 radical (unpaired) electrons. The summed E-state index contributed by atoms with van der Waals surface area (Å²) in [5, 5.41) is 4.08. The Balaban J connectivity index is 2.30. The summed E-state index contributed by atoms with van der Waals surface area (Å²) in [4.78, 5) is 0.362. The van der Waals surface area contributed by atoms with Crippen LogP contribution in [0.4, 0.5) is 5.82 Å². The summed E-state index contributed by atoms with van der Waals surface area (Å²) in [6.07, 6.45) is 0. The molecule has 106 valence electrons. The van der Waals surface area contributed by atoms with Gasteiger partial charge in [0.25, 0.3) is 10.0 Å². The number of aromatic nitrogens is 2. The first-order valence-corrected chi connectivity index (χ1v) is 7.62. The minimum atomic E-state index is -3.66. The van der Waals surface area contributed by atoms with E-state index in [-0.39, 0.29) is 9.88 Å². The van der Waals surface area contributed by atoms with Crippen LogP contribution < -0.4 is 10.5 Å². The smallest absolute Gasteiger partial charge is 0.263 e. The number of hydrogen-bond acceptors (Lipinski definition) is 4. The molecule has 2 rings (SSSR count). The number of aryl methyl sites for hydroxylation is 2. The third kappa shape index (κ3) is 2.97. The van der Waals surface area contributed by atoms with E-state index >= 15 is 0 Å². The van der Waals surface area contributed by atoms with E-state index in [1.54, 1.807) is 32.2 Å². The van der Waals surface area contributed by atoms with Gasteiger partial charge < -0.3 is 5.73 Å². The second-order valence-electron chi connectivity index (χ2n) is 4.29. The van der Waals surface area contributed by atoms with Crippen molar-refractivity contribution in [1.82, 2.24) is 9.78 Å². The Morgan fingerprint density at radius 1 is 1.35 bits per heavy atom. The van der Waals surface area contributed by atoms with Crippen molar-refractivity contribution in [3.8, 4) is 0 Å². The molecule has 0 saturated heterocycles. The van der Waals surface area contributed by atoms with Crippen LogP contribution in [0.1, 0.15) is 11.3 Å². The van der Waals surface area contributed by atoms with Gasteiger partial charge in [0.1, 0.15) is 10.8 Å². The van der Waals surface area contributed by atoms with E-state index < -0.39 is 10.0 Å². The van der Waals surface area contributed by atoms with Gasteiger partial charge in [0.2, 0.25) is 0 Å². The van der Waals surface area contributed by atoms with Gasteiger partial charge in [0.15, 0.2) is 0 Å². The summed E-state index contributed by atoms with van der Waals surface area (Å²) in [6, 6.07) is 7.72. The van der Waals surface area contributed by atoms with Crippen LogP contribution >= 0.6 is 12.2 Å². The van der Waals surface area contributed by atoms with Crippen molar-refractivity contribution in [1.29, 1.82) is 0 Å². The minimum Gasteiger partial charge on any atom is -0.389 e. The Morgan fingerprint density at radius 2 is 1.95 bits per heavy atom. The van der Waals surface area contributed by atoms with Crippen LogP contribution in [0.3, 0.4) is 0 Å². The van der Waals surface area contributed by atoms with Gasteiger partial charge in [-0.05, 0) is 19.1 Å². The van der Waals surface area contributed by atoms with E-state index in [0.29, 0.717) is 11.4 Å². The van der Waals surface area contributed by atoms with Crippen LogP contribution in [-0.2, 0) is 17.1 Å². The SMILES string of the molecule is Cc1cc(NS(=O)(=O)c2ccc(C(N)=S)cc2)n(C)n1. The normalized spacial score (nSPS) is 11.3. The molecular weight excluding hydrogens is 296 g/mol. The molecule has 0 unspecified atom stereocenters. The molecule has 1 heterocycles. The first-order chi connectivity index (χ1) is 9.29. The average Bonchev–Trinajstić information content (AvgIpc) is 2.67. The van der Waals surface area contributed by atoms with Crippen molar-refractivity contribution in [3.05, 3.63) is 41.6 Å². The van der Waals surface area contributed by atoms with Gasteiger partial charge in [-0.25, -0.2) is 8.42 Å². The fourth-order valence-electron chi connectivity index (χ4n) is 1.70. The van der Waals surface area contributed by atoms with Crippen molar-refractivity contribution < 1.29 is 8.42 Å². The van der Waals surface area contributed by atoms with E-state index in [4.69, 9.17) is 18.0 Å². The number of nitrogens with one attached hydrogen (secondary N) is 1. The molecule has 0 aliphatic heterocycles. The zero-order valence-electron chi connectivity index (χ0n) is 11.0. The maximum Gasteiger partial charge on any atom is 0.263 e. The Kier molecular flexibility index (Phi) is 3.78. The Labute approximate surface area is 122 Å². The van der Waals surface area contributed by atoms with Gasteiger partial charge in [-0.3, -0.25) is 9.40 Å². The Bertz CT molecular complexity index is 748. The van der Waals surface area contributed by atoms with E-state index in [9.17, 15) is 8.42 Å². The average molecular weight is 310 g/mol. The molecule has 0 aliphatic rings. The van der Waals surface area contributed by atoms with Crippen LogP contribution in [0.25, 0.3) is 0 Å². The van der Waals surface area contributed by atoms with Crippen molar-refractivity contribution in [2.75, 3.05) is 4.72 Å². The summed E-state index contributed by atoms with van der Waals surface area (Å²) in [5.41, 5.74) is 6.83. The molecule has 20 heavy (non-hydrogen) atoms. The van der Waals surface area contributed by atoms with Crippen molar-refractivity contribution in [2.24, 2.45) is 12.8 Å². The second kappa shape index (κ2) is 5.22. The Morgan fingerprint density at radius 3 is 2.40 bits per heavy atom. The van der Waals surface area contributed by atoms with Crippen LogP contribution in [0, 0.1) is 6.92 Å². The van der Waals surface area contributed by atoms with Gasteiger partial charge in [0.05, 0.1) is 10.6 Å². The summed E-state index contributed by atoms with van der Waals surface area (Å²) >= 11 is 4.82.